The summed E-state index contributed by atoms with van der Waals surface area (Å²) < 4.78 is 31.4. The predicted octanol–water partition coefficient (Wildman–Crippen LogP) is 4.09. The number of fused-ring (bicyclic) bond motifs is 1. The second-order valence-electron chi connectivity index (χ2n) is 7.47. The number of ether oxygens (including phenoxy) is 1. The van der Waals surface area contributed by atoms with Crippen molar-refractivity contribution >= 4 is 34.4 Å². The van der Waals surface area contributed by atoms with E-state index in [1.165, 1.54) is 6.07 Å². The Bertz CT molecular complexity index is 1410. The minimum Gasteiger partial charge on any atom is -0.452 e. The van der Waals surface area contributed by atoms with Gasteiger partial charge in [-0.25, -0.2) is 18.6 Å². The maximum Gasteiger partial charge on any atom is 0.339 e. The molecule has 0 saturated carbocycles. The highest BCUT2D eigenvalue weighted by atomic mass is 19.2. The summed E-state index contributed by atoms with van der Waals surface area (Å²) in [5, 5.41) is 5.20. The molecule has 0 unspecified atom stereocenters. The van der Waals surface area contributed by atoms with Gasteiger partial charge in [0.15, 0.2) is 18.2 Å². The van der Waals surface area contributed by atoms with Gasteiger partial charge in [0.05, 0.1) is 23.3 Å². The molecule has 3 aromatic carbocycles. The van der Waals surface area contributed by atoms with Gasteiger partial charge in [0.2, 0.25) is 5.91 Å². The molecule has 7 nitrogen and oxygen atoms in total. The molecule has 2 amide bonds. The predicted molar refractivity (Wildman–Crippen MR) is 125 cm³/mol. The van der Waals surface area contributed by atoms with Gasteiger partial charge < -0.3 is 15.4 Å². The monoisotopic (exact) mass is 475 g/mol. The zero-order valence-corrected chi connectivity index (χ0v) is 18.3. The molecule has 1 aromatic heterocycles. The highest BCUT2D eigenvalue weighted by Gasteiger charge is 2.17. The molecule has 0 aliphatic heterocycles. The number of benzene rings is 3. The molecule has 0 aliphatic rings. The van der Waals surface area contributed by atoms with Crippen molar-refractivity contribution in [2.75, 3.05) is 18.5 Å². The molecule has 176 valence electrons. The summed E-state index contributed by atoms with van der Waals surface area (Å²) in [5.74, 6) is -4.25. The molecule has 0 atom stereocenters. The van der Waals surface area contributed by atoms with E-state index < -0.39 is 42.6 Å². The van der Waals surface area contributed by atoms with Gasteiger partial charge in [0.25, 0.3) is 5.91 Å². The lowest BCUT2D eigenvalue weighted by Gasteiger charge is -2.11. The van der Waals surface area contributed by atoms with Crippen LogP contribution in [0, 0.1) is 11.6 Å². The average molecular weight is 475 g/mol. The van der Waals surface area contributed by atoms with Gasteiger partial charge in [-0.1, -0.05) is 48.5 Å². The summed E-state index contributed by atoms with van der Waals surface area (Å²) in [6, 6.07) is 20.9. The van der Waals surface area contributed by atoms with E-state index in [-0.39, 0.29) is 11.3 Å². The molecule has 0 aliphatic carbocycles. The van der Waals surface area contributed by atoms with Crippen LogP contribution in [0.2, 0.25) is 0 Å². The normalized spacial score (nSPS) is 10.6. The van der Waals surface area contributed by atoms with Gasteiger partial charge in [0.1, 0.15) is 0 Å². The molecule has 4 rings (SSSR count). The van der Waals surface area contributed by atoms with E-state index in [2.05, 4.69) is 15.6 Å². The Kier molecular flexibility index (Phi) is 7.06. The van der Waals surface area contributed by atoms with Gasteiger partial charge in [-0.15, -0.1) is 0 Å². The molecule has 0 saturated heterocycles. The van der Waals surface area contributed by atoms with Crippen molar-refractivity contribution in [1.82, 2.24) is 10.3 Å². The number of nitrogens with zero attached hydrogens (tertiary/aromatic N) is 1. The van der Waals surface area contributed by atoms with E-state index >= 15 is 0 Å². The molecule has 0 bridgehead atoms. The smallest absolute Gasteiger partial charge is 0.339 e. The average Bonchev–Trinajstić information content (AvgIpc) is 2.88. The molecule has 2 N–H and O–H groups in total. The number of nitrogens with one attached hydrogen (secondary N) is 2. The Balaban J connectivity index is 1.38. The Labute approximate surface area is 198 Å². The molecule has 0 spiro atoms. The van der Waals surface area contributed by atoms with Gasteiger partial charge in [0, 0.05) is 22.7 Å². The van der Waals surface area contributed by atoms with Crippen molar-refractivity contribution in [2.45, 2.75) is 0 Å². The molecule has 4 aromatic rings. The standard InChI is InChI=1S/C26H19F2N3O4/c27-20-11-10-17(12-21(20)28)30-24(32)14-29-25(33)15-35-26(34)19-13-23(16-6-2-1-3-7-16)31-22-9-5-4-8-18(19)22/h1-13H,14-15H2,(H,29,33)(H,30,32). The van der Waals surface area contributed by atoms with Crippen molar-refractivity contribution in [3.8, 4) is 11.3 Å². The fourth-order valence-electron chi connectivity index (χ4n) is 3.32. The summed E-state index contributed by atoms with van der Waals surface area (Å²) >= 11 is 0. The van der Waals surface area contributed by atoms with E-state index in [1.54, 1.807) is 30.3 Å². The maximum absolute atomic E-state index is 13.2. The topological polar surface area (TPSA) is 97.4 Å². The largest absolute Gasteiger partial charge is 0.452 e. The highest BCUT2D eigenvalue weighted by molar-refractivity contribution is 6.05. The molecule has 35 heavy (non-hydrogen) atoms. The number of hydrogen-bond donors (Lipinski definition) is 2. The summed E-state index contributed by atoms with van der Waals surface area (Å²) in [7, 11) is 0. The van der Waals surface area contributed by atoms with E-state index in [0.29, 0.717) is 16.6 Å². The van der Waals surface area contributed by atoms with Gasteiger partial charge in [-0.3, -0.25) is 9.59 Å². The highest BCUT2D eigenvalue weighted by Crippen LogP contribution is 2.25. The van der Waals surface area contributed by atoms with Crippen LogP contribution in [0.4, 0.5) is 14.5 Å². The Morgan fingerprint density at radius 3 is 2.34 bits per heavy atom. The number of carbonyl (C=O) groups excluding carboxylic acids is 3. The third-order valence-electron chi connectivity index (χ3n) is 4.99. The van der Waals surface area contributed by atoms with E-state index in [9.17, 15) is 23.2 Å². The number of halogens is 2. The quantitative estimate of drug-likeness (QED) is 0.393. The summed E-state index contributed by atoms with van der Waals surface area (Å²) in [5.41, 5.74) is 2.28. The fourth-order valence-corrected chi connectivity index (χ4v) is 3.32. The van der Waals surface area contributed by atoms with E-state index in [0.717, 1.165) is 17.7 Å². The summed E-state index contributed by atoms with van der Waals surface area (Å²) in [6.45, 7) is -1.07. The zero-order chi connectivity index (χ0) is 24.8. The fraction of sp³-hybridized carbons (Fsp3) is 0.0769. The minimum absolute atomic E-state index is 0.0355. The first-order valence-corrected chi connectivity index (χ1v) is 10.5. The number of hydrogen-bond acceptors (Lipinski definition) is 5. The van der Waals surface area contributed by atoms with Crippen LogP contribution in [-0.2, 0) is 14.3 Å². The first-order chi connectivity index (χ1) is 16.9. The van der Waals surface area contributed by atoms with E-state index in [4.69, 9.17) is 4.74 Å². The van der Waals surface area contributed by atoms with Crippen LogP contribution in [-0.4, -0.2) is 35.9 Å². The minimum atomic E-state index is -1.11. The SMILES string of the molecule is O=C(COC(=O)c1cc(-c2ccccc2)nc2ccccc12)NCC(=O)Nc1ccc(F)c(F)c1. The molecule has 0 fully saturated rings. The Morgan fingerprint density at radius 2 is 1.57 bits per heavy atom. The number of amides is 2. The molecule has 0 radical (unpaired) electrons. The Morgan fingerprint density at radius 1 is 0.829 bits per heavy atom. The first-order valence-electron chi connectivity index (χ1n) is 10.5. The number of pyridine rings is 1. The van der Waals surface area contributed by atoms with Crippen molar-refractivity contribution in [3.63, 3.8) is 0 Å². The number of carbonyl (C=O) groups is 3. The van der Waals surface area contributed by atoms with Crippen LogP contribution < -0.4 is 10.6 Å². The van der Waals surface area contributed by atoms with Gasteiger partial charge in [-0.05, 0) is 24.3 Å². The molecule has 1 heterocycles. The Hall–Kier alpha value is -4.66. The van der Waals surface area contributed by atoms with Crippen molar-refractivity contribution in [1.29, 1.82) is 0 Å². The van der Waals surface area contributed by atoms with Crippen LogP contribution in [0.5, 0.6) is 0 Å². The lowest BCUT2D eigenvalue weighted by Crippen LogP contribution is -2.35. The van der Waals surface area contributed by atoms with Crippen LogP contribution in [0.1, 0.15) is 10.4 Å². The number of rotatable bonds is 7. The molecular weight excluding hydrogens is 456 g/mol. The van der Waals surface area contributed by atoms with Crippen molar-refractivity contribution in [2.24, 2.45) is 0 Å². The lowest BCUT2D eigenvalue weighted by molar-refractivity contribution is -0.126. The van der Waals surface area contributed by atoms with Crippen LogP contribution in [0.25, 0.3) is 22.2 Å². The maximum atomic E-state index is 13.2. The van der Waals surface area contributed by atoms with Crippen LogP contribution in [0.3, 0.4) is 0 Å². The van der Waals surface area contributed by atoms with Crippen LogP contribution >= 0.6 is 0 Å². The van der Waals surface area contributed by atoms with Crippen LogP contribution in [0.15, 0.2) is 78.9 Å². The third-order valence-corrected chi connectivity index (χ3v) is 4.99. The third kappa shape index (κ3) is 5.83. The molecule has 9 heteroatoms. The zero-order valence-electron chi connectivity index (χ0n) is 18.3. The second-order valence-corrected chi connectivity index (χ2v) is 7.47. The van der Waals surface area contributed by atoms with Crippen molar-refractivity contribution < 1.29 is 27.9 Å². The number of para-hydroxylation sites is 1. The second kappa shape index (κ2) is 10.5. The summed E-state index contributed by atoms with van der Waals surface area (Å²) in [6.07, 6.45) is 0. The first kappa shape index (κ1) is 23.5. The molecular formula is C26H19F2N3O4. The lowest BCUT2D eigenvalue weighted by atomic mass is 10.0. The van der Waals surface area contributed by atoms with Gasteiger partial charge >= 0.3 is 5.97 Å². The van der Waals surface area contributed by atoms with E-state index in [1.807, 2.05) is 30.3 Å². The summed E-state index contributed by atoms with van der Waals surface area (Å²) in [4.78, 5) is 41.4. The van der Waals surface area contributed by atoms with Gasteiger partial charge in [-0.2, -0.15) is 0 Å². The number of esters is 1. The number of aromatic nitrogens is 1. The van der Waals surface area contributed by atoms with Crippen molar-refractivity contribution in [3.05, 3.63) is 96.1 Å². The number of anilines is 1.